The third-order valence-corrected chi connectivity index (χ3v) is 2.49. The van der Waals surface area contributed by atoms with Crippen LogP contribution < -0.4 is 0 Å². The van der Waals surface area contributed by atoms with E-state index in [-0.39, 0.29) is 57.2 Å². The Morgan fingerprint density at radius 3 is 1.62 bits per heavy atom. The molecule has 0 aliphatic heterocycles. The van der Waals surface area contributed by atoms with Gasteiger partial charge in [-0.1, -0.05) is 58.3 Å². The summed E-state index contributed by atoms with van der Waals surface area (Å²) in [6.45, 7) is 2.23. The first-order valence-electron chi connectivity index (χ1n) is 5.99. The van der Waals surface area contributed by atoms with Gasteiger partial charge in [-0.3, -0.25) is 4.79 Å². The Bertz CT molecular complexity index is 143. The number of rotatable bonds is 10. The molecule has 0 unspecified atom stereocenters. The molecule has 0 aliphatic rings. The predicted molar refractivity (Wildman–Crippen MR) is 68.0 cm³/mol. The van der Waals surface area contributed by atoms with Crippen LogP contribution >= 0.6 is 0 Å². The maximum absolute atomic E-state index is 10.2. The van der Waals surface area contributed by atoms with E-state index in [1.165, 1.54) is 44.9 Å². The molecule has 0 radical (unpaired) electrons. The van der Waals surface area contributed by atoms with Crippen LogP contribution in [-0.2, 0) is 24.3 Å². The summed E-state index contributed by atoms with van der Waals surface area (Å²) >= 11 is 0. The Hall–Kier alpha value is 1.35. The van der Waals surface area contributed by atoms with E-state index in [2.05, 4.69) is 6.92 Å². The van der Waals surface area contributed by atoms with E-state index in [4.69, 9.17) is 5.11 Å². The van der Waals surface area contributed by atoms with Crippen LogP contribution in [-0.4, -0.2) is 48.8 Å². The van der Waals surface area contributed by atoms with Gasteiger partial charge in [0, 0.05) is 25.9 Å². The van der Waals surface area contributed by atoms with Gasteiger partial charge in [0.05, 0.1) is 0 Å². The van der Waals surface area contributed by atoms with Crippen molar-refractivity contribution in [2.45, 2.75) is 71.1 Å². The molecule has 0 bridgehead atoms. The van der Waals surface area contributed by atoms with Gasteiger partial charge in [-0.2, -0.15) is 0 Å². The molecule has 0 heterocycles. The average Bonchev–Trinajstić information content (AvgIpc) is 2.15. The molecule has 0 atom stereocenters. The molecule has 0 saturated carbocycles. The molecule has 0 rings (SSSR count). The SMILES string of the molecule is CCCCCCCCCCCC(=O)O.[CaH2].[Zn]. The van der Waals surface area contributed by atoms with Crippen molar-refractivity contribution in [3.05, 3.63) is 0 Å². The molecule has 0 aliphatic carbocycles. The second-order valence-corrected chi connectivity index (χ2v) is 3.97. The molecule has 2 nitrogen and oxygen atoms in total. The average molecular weight is 308 g/mol. The molecule has 90 valence electrons. The van der Waals surface area contributed by atoms with Crippen molar-refractivity contribution < 1.29 is 29.4 Å². The number of aliphatic carboxylic acids is 1. The van der Waals surface area contributed by atoms with Crippen molar-refractivity contribution >= 4 is 43.7 Å². The first kappa shape index (κ1) is 22.5. The molecule has 0 aromatic heterocycles. The zero-order valence-electron chi connectivity index (χ0n) is 10.1. The molecular formula is C12H26CaO2Zn. The van der Waals surface area contributed by atoms with Gasteiger partial charge in [-0.15, -0.1) is 0 Å². The van der Waals surface area contributed by atoms with Crippen molar-refractivity contribution in [3.8, 4) is 0 Å². The Balaban J connectivity index is -0.000000845. The topological polar surface area (TPSA) is 37.3 Å². The van der Waals surface area contributed by atoms with E-state index in [9.17, 15) is 4.79 Å². The normalized spacial score (nSPS) is 9.06. The molecule has 4 heteroatoms. The second-order valence-electron chi connectivity index (χ2n) is 3.97. The summed E-state index contributed by atoms with van der Waals surface area (Å²) in [5.74, 6) is -0.659. The van der Waals surface area contributed by atoms with Crippen molar-refractivity contribution in [1.82, 2.24) is 0 Å². The molecular weight excluding hydrogens is 282 g/mol. The van der Waals surface area contributed by atoms with Crippen molar-refractivity contribution in [1.29, 1.82) is 0 Å². The van der Waals surface area contributed by atoms with E-state index in [0.717, 1.165) is 12.8 Å². The van der Waals surface area contributed by atoms with Crippen molar-refractivity contribution in [2.75, 3.05) is 0 Å². The number of carboxylic acids is 1. The van der Waals surface area contributed by atoms with E-state index in [1.807, 2.05) is 0 Å². The Morgan fingerprint density at radius 2 is 1.25 bits per heavy atom. The largest absolute Gasteiger partial charge is 0 e. The van der Waals surface area contributed by atoms with Crippen LogP contribution in [0.1, 0.15) is 71.1 Å². The zero-order chi connectivity index (χ0) is 10.6. The molecule has 1 N–H and O–H groups in total. The Kier molecular flexibility index (Phi) is 26.3. The first-order valence-corrected chi connectivity index (χ1v) is 5.99. The minimum absolute atomic E-state index is 0. The fourth-order valence-electron chi connectivity index (χ4n) is 1.59. The molecule has 0 aromatic carbocycles. The predicted octanol–water partition coefficient (Wildman–Crippen LogP) is 3.07. The van der Waals surface area contributed by atoms with Gasteiger partial charge >= 0.3 is 43.7 Å². The third-order valence-electron chi connectivity index (χ3n) is 2.49. The summed E-state index contributed by atoms with van der Waals surface area (Å²) in [6.07, 6.45) is 11.5. The van der Waals surface area contributed by atoms with Gasteiger partial charge in [0.2, 0.25) is 0 Å². The smallest absolute Gasteiger partial charge is 0 e. The minimum Gasteiger partial charge on any atom is 0 e. The molecule has 0 amide bonds. The molecule has 16 heavy (non-hydrogen) atoms. The maximum Gasteiger partial charge on any atom is 0 e. The summed E-state index contributed by atoms with van der Waals surface area (Å²) in [7, 11) is 0. The minimum atomic E-state index is -0.659. The summed E-state index contributed by atoms with van der Waals surface area (Å²) in [4.78, 5) is 10.2. The third kappa shape index (κ3) is 20.7. The molecule has 0 aromatic rings. The molecule has 0 saturated heterocycles. The summed E-state index contributed by atoms with van der Waals surface area (Å²) in [6, 6.07) is 0. The quantitative estimate of drug-likeness (QED) is 0.497. The van der Waals surface area contributed by atoms with Gasteiger partial charge in [0.15, 0.2) is 0 Å². The Labute approximate surface area is 143 Å². The van der Waals surface area contributed by atoms with Gasteiger partial charge < -0.3 is 5.11 Å². The Morgan fingerprint density at radius 1 is 0.875 bits per heavy atom. The van der Waals surface area contributed by atoms with Crippen molar-refractivity contribution in [3.63, 3.8) is 0 Å². The van der Waals surface area contributed by atoms with E-state index >= 15 is 0 Å². The first-order chi connectivity index (χ1) is 6.77. The standard InChI is InChI=1S/C12H24O2.Ca.Zn.2H/c1-2-3-4-5-6-7-8-9-10-11-12(13)14;;;;/h2-11H2,1H3,(H,13,14);;;;. The number of hydrogen-bond donors (Lipinski definition) is 1. The van der Waals surface area contributed by atoms with E-state index in [0.29, 0.717) is 6.42 Å². The van der Waals surface area contributed by atoms with Crippen LogP contribution in [0.3, 0.4) is 0 Å². The van der Waals surface area contributed by atoms with E-state index in [1.54, 1.807) is 0 Å². The van der Waals surface area contributed by atoms with Gasteiger partial charge in [0.25, 0.3) is 0 Å². The van der Waals surface area contributed by atoms with Crippen LogP contribution in [0.25, 0.3) is 0 Å². The van der Waals surface area contributed by atoms with Crippen molar-refractivity contribution in [2.24, 2.45) is 0 Å². The van der Waals surface area contributed by atoms with Gasteiger partial charge in [0.1, 0.15) is 0 Å². The van der Waals surface area contributed by atoms with Gasteiger partial charge in [-0.05, 0) is 6.42 Å². The van der Waals surface area contributed by atoms with Crippen LogP contribution in [0.2, 0.25) is 0 Å². The summed E-state index contributed by atoms with van der Waals surface area (Å²) in [5, 5.41) is 8.41. The summed E-state index contributed by atoms with van der Waals surface area (Å²) in [5.41, 5.74) is 0. The van der Waals surface area contributed by atoms with Crippen LogP contribution in [0.5, 0.6) is 0 Å². The second kappa shape index (κ2) is 18.7. The number of carbonyl (C=O) groups is 1. The molecule has 0 spiro atoms. The zero-order valence-corrected chi connectivity index (χ0v) is 13.1. The van der Waals surface area contributed by atoms with Crippen LogP contribution in [0, 0.1) is 0 Å². The number of carboxylic acid groups (broad SMARTS) is 1. The molecule has 0 fully saturated rings. The van der Waals surface area contributed by atoms with Crippen LogP contribution in [0.4, 0.5) is 0 Å². The number of hydrogen-bond acceptors (Lipinski definition) is 1. The fourth-order valence-corrected chi connectivity index (χ4v) is 1.59. The van der Waals surface area contributed by atoms with Gasteiger partial charge in [-0.25, -0.2) is 0 Å². The monoisotopic (exact) mass is 306 g/mol. The van der Waals surface area contributed by atoms with Crippen LogP contribution in [0.15, 0.2) is 0 Å². The maximum atomic E-state index is 10.2. The van der Waals surface area contributed by atoms with E-state index < -0.39 is 5.97 Å². The summed E-state index contributed by atoms with van der Waals surface area (Å²) < 4.78 is 0. The fraction of sp³-hybridized carbons (Fsp3) is 0.917. The number of unbranched alkanes of at least 4 members (excludes halogenated alkanes) is 8.